The normalized spacial score (nSPS) is 21.2. The van der Waals surface area contributed by atoms with Crippen molar-refractivity contribution in [3.8, 4) is 0 Å². The quantitative estimate of drug-likeness (QED) is 0.757. The third-order valence-corrected chi connectivity index (χ3v) is 3.47. The molecule has 0 aliphatic carbocycles. The van der Waals surface area contributed by atoms with E-state index in [1.807, 2.05) is 11.0 Å². The fraction of sp³-hybridized carbons (Fsp3) is 0.385. The van der Waals surface area contributed by atoms with Crippen LogP contribution >= 0.6 is 0 Å². The maximum absolute atomic E-state index is 11.6. The molecule has 100 valence electrons. The number of methoxy groups -OCH3 is 1. The van der Waals surface area contributed by atoms with E-state index < -0.39 is 0 Å². The van der Waals surface area contributed by atoms with Crippen LogP contribution in [0.3, 0.4) is 0 Å². The first-order valence-electron chi connectivity index (χ1n) is 6.11. The lowest BCUT2D eigenvalue weighted by atomic mass is 9.98. The summed E-state index contributed by atoms with van der Waals surface area (Å²) in [7, 11) is 1.37. The highest BCUT2D eigenvalue weighted by molar-refractivity contribution is 5.91. The molecule has 0 spiro atoms. The number of esters is 1. The van der Waals surface area contributed by atoms with Crippen LogP contribution in [0.2, 0.25) is 0 Å². The molecule has 1 aromatic rings. The van der Waals surface area contributed by atoms with E-state index in [9.17, 15) is 4.79 Å². The summed E-state index contributed by atoms with van der Waals surface area (Å²) in [6.07, 6.45) is 0. The number of benzene rings is 1. The van der Waals surface area contributed by atoms with Gasteiger partial charge in [0.05, 0.1) is 37.6 Å². The molecule has 1 fully saturated rings. The molecule has 0 bridgehead atoms. The van der Waals surface area contributed by atoms with Crippen LogP contribution < -0.4 is 5.73 Å². The number of guanidine groups is 1. The fourth-order valence-electron chi connectivity index (χ4n) is 2.49. The van der Waals surface area contributed by atoms with Crippen molar-refractivity contribution >= 4 is 17.6 Å². The summed E-state index contributed by atoms with van der Waals surface area (Å²) in [5, 5.41) is 0. The van der Waals surface area contributed by atoms with Crippen molar-refractivity contribution in [1.29, 1.82) is 0 Å². The predicted octanol–water partition coefficient (Wildman–Crippen LogP) is 0.806. The number of nitrogens with zero attached hydrogens (tertiary/aromatic N) is 2. The van der Waals surface area contributed by atoms with Crippen LogP contribution in [0.5, 0.6) is 0 Å². The zero-order valence-corrected chi connectivity index (χ0v) is 10.6. The summed E-state index contributed by atoms with van der Waals surface area (Å²) in [6.45, 7) is 1.90. The Morgan fingerprint density at radius 1 is 1.58 bits per heavy atom. The Kier molecular flexibility index (Phi) is 2.87. The van der Waals surface area contributed by atoms with Crippen LogP contribution in [0.4, 0.5) is 5.69 Å². The number of morpholine rings is 1. The highest BCUT2D eigenvalue weighted by Crippen LogP contribution is 2.36. The number of rotatable bonds is 1. The lowest BCUT2D eigenvalue weighted by Gasteiger charge is -2.39. The predicted molar refractivity (Wildman–Crippen MR) is 69.3 cm³/mol. The van der Waals surface area contributed by atoms with Crippen LogP contribution in [-0.2, 0) is 9.47 Å². The topological polar surface area (TPSA) is 77.2 Å². The summed E-state index contributed by atoms with van der Waals surface area (Å²) >= 11 is 0. The van der Waals surface area contributed by atoms with Gasteiger partial charge in [0.15, 0.2) is 5.96 Å². The van der Waals surface area contributed by atoms with Crippen molar-refractivity contribution in [3.63, 3.8) is 0 Å². The van der Waals surface area contributed by atoms with Crippen molar-refractivity contribution < 1.29 is 14.3 Å². The zero-order valence-electron chi connectivity index (χ0n) is 10.6. The molecule has 0 aromatic heterocycles. The number of ether oxygens (including phenoxy) is 2. The van der Waals surface area contributed by atoms with E-state index in [-0.39, 0.29) is 12.0 Å². The van der Waals surface area contributed by atoms with Gasteiger partial charge in [0.2, 0.25) is 0 Å². The fourth-order valence-corrected chi connectivity index (χ4v) is 2.49. The van der Waals surface area contributed by atoms with Gasteiger partial charge in [-0.3, -0.25) is 0 Å². The first-order valence-corrected chi connectivity index (χ1v) is 6.11. The molecule has 1 saturated heterocycles. The molecule has 2 aliphatic rings. The number of hydrogen-bond acceptors (Lipinski definition) is 6. The Hall–Kier alpha value is -2.08. The summed E-state index contributed by atoms with van der Waals surface area (Å²) < 4.78 is 10.2. The van der Waals surface area contributed by atoms with E-state index in [4.69, 9.17) is 15.2 Å². The second kappa shape index (κ2) is 4.55. The number of hydrogen-bond donors (Lipinski definition) is 1. The number of carbonyl (C=O) groups excluding carboxylic acids is 1. The Labute approximate surface area is 110 Å². The van der Waals surface area contributed by atoms with E-state index in [2.05, 4.69) is 4.99 Å². The molecule has 19 heavy (non-hydrogen) atoms. The third kappa shape index (κ3) is 1.94. The maximum Gasteiger partial charge on any atom is 0.337 e. The maximum atomic E-state index is 11.6. The van der Waals surface area contributed by atoms with Gasteiger partial charge in [0, 0.05) is 12.1 Å². The van der Waals surface area contributed by atoms with Gasteiger partial charge < -0.3 is 20.1 Å². The first kappa shape index (κ1) is 12.0. The minimum absolute atomic E-state index is 0.0193. The molecule has 2 aliphatic heterocycles. The second-order valence-electron chi connectivity index (χ2n) is 4.52. The van der Waals surface area contributed by atoms with Crippen molar-refractivity contribution in [3.05, 3.63) is 29.3 Å². The lowest BCUT2D eigenvalue weighted by molar-refractivity contribution is 0.0241. The lowest BCUT2D eigenvalue weighted by Crippen LogP contribution is -2.48. The summed E-state index contributed by atoms with van der Waals surface area (Å²) in [5.41, 5.74) is 8.22. The van der Waals surface area contributed by atoms with E-state index in [1.165, 1.54) is 7.11 Å². The molecular weight excluding hydrogens is 246 g/mol. The zero-order chi connectivity index (χ0) is 13.4. The van der Waals surface area contributed by atoms with Crippen LogP contribution in [0.25, 0.3) is 0 Å². The Morgan fingerprint density at radius 3 is 3.21 bits per heavy atom. The second-order valence-corrected chi connectivity index (χ2v) is 4.52. The molecule has 0 radical (unpaired) electrons. The van der Waals surface area contributed by atoms with Gasteiger partial charge in [-0.15, -0.1) is 0 Å². The minimum atomic E-state index is -0.353. The van der Waals surface area contributed by atoms with Gasteiger partial charge in [-0.2, -0.15) is 0 Å². The van der Waals surface area contributed by atoms with E-state index >= 15 is 0 Å². The van der Waals surface area contributed by atoms with E-state index in [1.54, 1.807) is 12.1 Å². The smallest absolute Gasteiger partial charge is 0.337 e. The number of carbonyl (C=O) groups is 1. The molecule has 6 heteroatoms. The monoisotopic (exact) mass is 261 g/mol. The minimum Gasteiger partial charge on any atom is -0.465 e. The molecule has 3 rings (SSSR count). The number of aliphatic imine (C=N–C) groups is 1. The summed E-state index contributed by atoms with van der Waals surface area (Å²) in [6, 6.07) is 5.32. The number of nitrogens with two attached hydrogens (primary N) is 1. The molecule has 6 nitrogen and oxygen atoms in total. The highest BCUT2D eigenvalue weighted by atomic mass is 16.5. The molecule has 0 amide bonds. The molecule has 2 N–H and O–H groups in total. The van der Waals surface area contributed by atoms with Crippen LogP contribution in [-0.4, -0.2) is 43.7 Å². The third-order valence-electron chi connectivity index (χ3n) is 3.47. The molecule has 1 aromatic carbocycles. The van der Waals surface area contributed by atoms with Crippen molar-refractivity contribution in [1.82, 2.24) is 4.90 Å². The SMILES string of the molecule is COC(=O)c1ccc2c(c1)[C@@H]1COCCN1C(N)=N2. The van der Waals surface area contributed by atoms with Gasteiger partial charge in [0.1, 0.15) is 0 Å². The largest absolute Gasteiger partial charge is 0.465 e. The van der Waals surface area contributed by atoms with Gasteiger partial charge in [-0.25, -0.2) is 9.79 Å². The number of fused-ring (bicyclic) bond motifs is 3. The van der Waals surface area contributed by atoms with Gasteiger partial charge >= 0.3 is 5.97 Å². The molecule has 0 unspecified atom stereocenters. The summed E-state index contributed by atoms with van der Waals surface area (Å²) in [4.78, 5) is 18.0. The molecular formula is C13H15N3O3. The Morgan fingerprint density at radius 2 is 2.42 bits per heavy atom. The highest BCUT2D eigenvalue weighted by Gasteiger charge is 2.32. The van der Waals surface area contributed by atoms with Gasteiger partial charge in [-0.05, 0) is 18.2 Å². The van der Waals surface area contributed by atoms with Crippen molar-refractivity contribution in [2.75, 3.05) is 26.9 Å². The van der Waals surface area contributed by atoms with Crippen LogP contribution in [0.1, 0.15) is 22.0 Å². The summed E-state index contributed by atoms with van der Waals surface area (Å²) in [5.74, 6) is 0.153. The average Bonchev–Trinajstić information content (AvgIpc) is 2.46. The first-order chi connectivity index (χ1) is 9.20. The van der Waals surface area contributed by atoms with Gasteiger partial charge in [-0.1, -0.05) is 0 Å². The standard InChI is InChI=1S/C13H15N3O3/c1-18-12(17)8-2-3-10-9(6-8)11-7-19-5-4-16(11)13(14)15-10/h2-3,6,11H,4-5,7H2,1H3,(H2,14,15)/t11-/m0/s1. The Bertz CT molecular complexity index is 556. The van der Waals surface area contributed by atoms with E-state index in [0.717, 1.165) is 11.3 Å². The Balaban J connectivity index is 2.06. The van der Waals surface area contributed by atoms with Crippen molar-refractivity contribution in [2.24, 2.45) is 10.7 Å². The average molecular weight is 261 g/mol. The van der Waals surface area contributed by atoms with Crippen LogP contribution in [0.15, 0.2) is 23.2 Å². The molecule has 2 heterocycles. The van der Waals surface area contributed by atoms with Crippen LogP contribution in [0, 0.1) is 0 Å². The molecule has 0 saturated carbocycles. The molecule has 1 atom stereocenters. The van der Waals surface area contributed by atoms with Crippen molar-refractivity contribution in [2.45, 2.75) is 6.04 Å². The van der Waals surface area contributed by atoms with E-state index in [0.29, 0.717) is 31.3 Å². The van der Waals surface area contributed by atoms with Gasteiger partial charge in [0.25, 0.3) is 0 Å².